The van der Waals surface area contributed by atoms with Gasteiger partial charge in [0.25, 0.3) is 0 Å². The van der Waals surface area contributed by atoms with Gasteiger partial charge in [0, 0.05) is 11.5 Å². The van der Waals surface area contributed by atoms with Gasteiger partial charge in [-0.15, -0.1) is 23.5 Å². The molecule has 0 spiro atoms. The molecule has 3 heterocycles. The molecule has 0 amide bonds. The molecule has 2 aliphatic rings. The average molecular weight is 305 g/mol. The van der Waals surface area contributed by atoms with E-state index in [0.717, 1.165) is 45.8 Å². The molecule has 20 heavy (non-hydrogen) atoms. The van der Waals surface area contributed by atoms with Crippen LogP contribution in [0.2, 0.25) is 0 Å². The minimum absolute atomic E-state index is 0.461. The molecule has 3 nitrogen and oxygen atoms in total. The van der Waals surface area contributed by atoms with E-state index in [1.54, 1.807) is 0 Å². The summed E-state index contributed by atoms with van der Waals surface area (Å²) < 4.78 is 0. The standard InChI is InChI=1S/C15H19N3S2/c1-3-10-8-19-14(16-10)12-6-5-7-13(18-12)15-17-11(4-2)9-20-15/h5-7,10-11H,3-4,8-9H2,1-2H3/t10-,11-/m1/s1. The number of aromatic nitrogens is 1. The number of hydrogen-bond donors (Lipinski definition) is 0. The molecule has 2 aliphatic heterocycles. The largest absolute Gasteiger partial charge is 0.272 e. The second-order valence-corrected chi connectivity index (χ2v) is 7.04. The molecule has 1 aromatic rings. The predicted octanol–water partition coefficient (Wildman–Crippen LogP) is 3.63. The van der Waals surface area contributed by atoms with Crippen molar-refractivity contribution in [3.8, 4) is 0 Å². The molecule has 0 saturated heterocycles. The van der Waals surface area contributed by atoms with Gasteiger partial charge >= 0.3 is 0 Å². The number of rotatable bonds is 4. The fourth-order valence-electron chi connectivity index (χ4n) is 2.20. The molecule has 2 atom stereocenters. The van der Waals surface area contributed by atoms with E-state index in [9.17, 15) is 0 Å². The molecule has 3 rings (SSSR count). The zero-order valence-electron chi connectivity index (χ0n) is 11.9. The number of aliphatic imine (C=N–C) groups is 2. The maximum absolute atomic E-state index is 4.77. The predicted molar refractivity (Wildman–Crippen MR) is 90.4 cm³/mol. The van der Waals surface area contributed by atoms with E-state index < -0.39 is 0 Å². The van der Waals surface area contributed by atoms with E-state index >= 15 is 0 Å². The van der Waals surface area contributed by atoms with Gasteiger partial charge in [0.05, 0.1) is 23.5 Å². The fraction of sp³-hybridized carbons (Fsp3) is 0.533. The van der Waals surface area contributed by atoms with Gasteiger partial charge in [-0.3, -0.25) is 9.98 Å². The molecule has 0 N–H and O–H groups in total. The van der Waals surface area contributed by atoms with E-state index in [2.05, 4.69) is 32.0 Å². The summed E-state index contributed by atoms with van der Waals surface area (Å²) in [4.78, 5) is 14.3. The summed E-state index contributed by atoms with van der Waals surface area (Å²) in [5.74, 6) is 2.18. The Bertz CT molecular complexity index is 509. The summed E-state index contributed by atoms with van der Waals surface area (Å²) in [6, 6.07) is 7.11. The minimum Gasteiger partial charge on any atom is -0.272 e. The molecule has 0 aliphatic carbocycles. The van der Waals surface area contributed by atoms with Crippen molar-refractivity contribution in [3.63, 3.8) is 0 Å². The van der Waals surface area contributed by atoms with Crippen LogP contribution < -0.4 is 0 Å². The normalized spacial score (nSPS) is 25.7. The van der Waals surface area contributed by atoms with Crippen molar-refractivity contribution >= 4 is 33.6 Å². The highest BCUT2D eigenvalue weighted by atomic mass is 32.2. The molecule has 106 valence electrons. The zero-order valence-corrected chi connectivity index (χ0v) is 13.5. The first-order valence-corrected chi connectivity index (χ1v) is 9.16. The summed E-state index contributed by atoms with van der Waals surface area (Å²) >= 11 is 3.65. The van der Waals surface area contributed by atoms with E-state index in [1.165, 1.54) is 0 Å². The molecule has 0 aromatic carbocycles. The Labute approximate surface area is 128 Å². The van der Waals surface area contributed by atoms with Crippen LogP contribution >= 0.6 is 23.5 Å². The Hall–Kier alpha value is -0.810. The van der Waals surface area contributed by atoms with Crippen molar-refractivity contribution < 1.29 is 0 Å². The Kier molecular flexibility index (Phi) is 4.46. The lowest BCUT2D eigenvalue weighted by molar-refractivity contribution is 0.737. The van der Waals surface area contributed by atoms with E-state index in [0.29, 0.717) is 12.1 Å². The van der Waals surface area contributed by atoms with E-state index in [4.69, 9.17) is 15.0 Å². The minimum atomic E-state index is 0.461. The van der Waals surface area contributed by atoms with Gasteiger partial charge in [-0.25, -0.2) is 4.98 Å². The highest BCUT2D eigenvalue weighted by Crippen LogP contribution is 2.27. The highest BCUT2D eigenvalue weighted by Gasteiger charge is 2.22. The quantitative estimate of drug-likeness (QED) is 0.852. The van der Waals surface area contributed by atoms with Crippen LogP contribution in [0.3, 0.4) is 0 Å². The SMILES string of the molecule is CC[C@@H]1CSC(c2cccc(C3=N[C@H](CC)CS3)n2)=N1. The third-order valence-electron chi connectivity index (χ3n) is 3.55. The monoisotopic (exact) mass is 305 g/mol. The molecular formula is C15H19N3S2. The van der Waals surface area contributed by atoms with Crippen LogP contribution in [0.5, 0.6) is 0 Å². The molecular weight excluding hydrogens is 286 g/mol. The maximum Gasteiger partial charge on any atom is 0.117 e. The Morgan fingerprint density at radius 2 is 1.45 bits per heavy atom. The average Bonchev–Trinajstić information content (AvgIpc) is 3.16. The molecule has 0 fully saturated rings. The summed E-state index contributed by atoms with van der Waals surface area (Å²) in [5, 5.41) is 2.18. The Morgan fingerprint density at radius 1 is 0.950 bits per heavy atom. The molecule has 5 heteroatoms. The second kappa shape index (κ2) is 6.31. The third-order valence-corrected chi connectivity index (χ3v) is 5.83. The van der Waals surface area contributed by atoms with Gasteiger partial charge in [0.2, 0.25) is 0 Å². The maximum atomic E-state index is 4.77. The highest BCUT2D eigenvalue weighted by molar-refractivity contribution is 8.15. The van der Waals surface area contributed by atoms with Gasteiger partial charge in [0.1, 0.15) is 10.1 Å². The summed E-state index contributed by atoms with van der Waals surface area (Å²) in [6.07, 6.45) is 2.22. The van der Waals surface area contributed by atoms with Crippen molar-refractivity contribution in [2.75, 3.05) is 11.5 Å². The van der Waals surface area contributed by atoms with Crippen LogP contribution in [0.4, 0.5) is 0 Å². The van der Waals surface area contributed by atoms with Crippen molar-refractivity contribution in [2.24, 2.45) is 9.98 Å². The van der Waals surface area contributed by atoms with Crippen LogP contribution in [-0.2, 0) is 0 Å². The van der Waals surface area contributed by atoms with Gasteiger partial charge in [-0.2, -0.15) is 0 Å². The lowest BCUT2D eigenvalue weighted by Crippen LogP contribution is -2.03. The molecule has 0 radical (unpaired) electrons. The first kappa shape index (κ1) is 14.1. The van der Waals surface area contributed by atoms with Crippen molar-refractivity contribution in [3.05, 3.63) is 29.6 Å². The number of thioether (sulfide) groups is 2. The van der Waals surface area contributed by atoms with Crippen LogP contribution in [0.15, 0.2) is 28.2 Å². The molecule has 0 bridgehead atoms. The van der Waals surface area contributed by atoms with E-state index in [-0.39, 0.29) is 0 Å². The van der Waals surface area contributed by atoms with Crippen LogP contribution in [0.25, 0.3) is 0 Å². The van der Waals surface area contributed by atoms with Crippen LogP contribution in [-0.4, -0.2) is 38.7 Å². The van der Waals surface area contributed by atoms with Crippen LogP contribution in [0.1, 0.15) is 38.1 Å². The third kappa shape index (κ3) is 2.93. The van der Waals surface area contributed by atoms with Crippen molar-refractivity contribution in [1.29, 1.82) is 0 Å². The summed E-state index contributed by atoms with van der Waals surface area (Å²) in [5.41, 5.74) is 2.01. The van der Waals surface area contributed by atoms with E-state index in [1.807, 2.05) is 23.5 Å². The summed E-state index contributed by atoms with van der Waals surface area (Å²) in [6.45, 7) is 4.38. The second-order valence-electron chi connectivity index (χ2n) is 5.02. The lowest BCUT2D eigenvalue weighted by Gasteiger charge is -2.03. The zero-order chi connectivity index (χ0) is 13.9. The molecule has 1 aromatic heterocycles. The van der Waals surface area contributed by atoms with Gasteiger partial charge < -0.3 is 0 Å². The molecule has 0 saturated carbocycles. The van der Waals surface area contributed by atoms with Gasteiger partial charge in [-0.1, -0.05) is 19.9 Å². The van der Waals surface area contributed by atoms with Crippen molar-refractivity contribution in [2.45, 2.75) is 38.8 Å². The Morgan fingerprint density at radius 3 is 1.85 bits per heavy atom. The molecule has 0 unspecified atom stereocenters. The van der Waals surface area contributed by atoms with Crippen LogP contribution in [0, 0.1) is 0 Å². The van der Waals surface area contributed by atoms with Gasteiger partial charge in [0.15, 0.2) is 0 Å². The van der Waals surface area contributed by atoms with Crippen molar-refractivity contribution in [1.82, 2.24) is 4.98 Å². The number of hydrogen-bond acceptors (Lipinski definition) is 5. The first-order chi connectivity index (χ1) is 9.80. The Balaban J connectivity index is 1.84. The summed E-state index contributed by atoms with van der Waals surface area (Å²) in [7, 11) is 0. The smallest absolute Gasteiger partial charge is 0.117 e. The topological polar surface area (TPSA) is 37.6 Å². The first-order valence-electron chi connectivity index (χ1n) is 7.19. The number of nitrogens with zero attached hydrogens (tertiary/aromatic N) is 3. The van der Waals surface area contributed by atoms with Gasteiger partial charge in [-0.05, 0) is 25.0 Å². The fourth-order valence-corrected chi connectivity index (χ4v) is 4.49. The number of pyridine rings is 1. The lowest BCUT2D eigenvalue weighted by atomic mass is 10.2.